The van der Waals surface area contributed by atoms with Gasteiger partial charge in [0.05, 0.1) is 39.7 Å². The number of pyridine rings is 1. The molecule has 2 aromatic carbocycles. The molecule has 2 heterocycles. The van der Waals surface area contributed by atoms with Crippen molar-refractivity contribution in [2.45, 2.75) is 57.6 Å². The van der Waals surface area contributed by atoms with Gasteiger partial charge in [-0.15, -0.1) is 5.10 Å². The average molecular weight is 792 g/mol. The number of alkyl halides is 4. The number of halogens is 7. The number of anilines is 1. The fraction of sp³-hybridized carbons (Fsp3) is 0.351. The van der Waals surface area contributed by atoms with Crippen molar-refractivity contribution < 1.29 is 45.2 Å². The average Bonchev–Trinajstić information content (AvgIpc) is 3.52. The molecule has 1 amide bonds. The Labute approximate surface area is 314 Å². The first-order valence-electron chi connectivity index (χ1n) is 16.6. The van der Waals surface area contributed by atoms with Crippen LogP contribution < -0.4 is 15.8 Å². The van der Waals surface area contributed by atoms with Gasteiger partial charge >= 0.3 is 0 Å². The topological polar surface area (TPSA) is 154 Å². The Bertz CT molecular complexity index is 2240. The zero-order chi connectivity index (χ0) is 40.6. The van der Waals surface area contributed by atoms with Crippen LogP contribution in [0.1, 0.15) is 50.2 Å². The van der Waals surface area contributed by atoms with Crippen molar-refractivity contribution in [3.8, 4) is 23.0 Å². The summed E-state index contributed by atoms with van der Waals surface area (Å²) in [5.74, 6) is -3.45. The number of nitrogens with zero attached hydrogens (tertiary/aromatic N) is 4. The number of nitrogens with two attached hydrogens (primary N) is 1. The number of fused-ring (bicyclic) bond motifs is 1. The molecule has 5 rings (SSSR count). The van der Waals surface area contributed by atoms with Crippen LogP contribution in [0, 0.1) is 35.2 Å². The number of carbonyl (C=O) groups is 1. The molecule has 1 aliphatic carbocycles. The molecule has 2 aromatic heterocycles. The first-order valence-corrected chi connectivity index (χ1v) is 18.2. The molecule has 0 aliphatic heterocycles. The standard InChI is InChI=1S/C37H36F7N7O3S/c1-18-12-25(30(45)34(41)42)33(37(18,43)44)46-17-28(52)48-27(15-19-13-20(38)16-21(39)14-19)31-23(7-6-22(47-31)10-11-36(2,3)53)24-8-9-26(40)29-32(24)51(4)49-35(29)50-55(5)54/h6-9,13-14,16,18,27,34,53H,12,15,17,45H2,1-5H3,(H,48,52)(H,49,50)/t18-,27?,55?/m1/s1. The molecule has 0 bridgehead atoms. The highest BCUT2D eigenvalue weighted by Gasteiger charge is 2.51. The summed E-state index contributed by atoms with van der Waals surface area (Å²) in [6, 6.07) is 6.83. The molecule has 1 saturated carbocycles. The van der Waals surface area contributed by atoms with E-state index in [-0.39, 0.29) is 51.2 Å². The Morgan fingerprint density at radius 3 is 2.44 bits per heavy atom. The molecule has 3 atom stereocenters. The number of aliphatic imine (C=N–C) groups is 1. The number of amides is 1. The van der Waals surface area contributed by atoms with Crippen LogP contribution in [-0.2, 0) is 29.6 Å². The monoisotopic (exact) mass is 791 g/mol. The molecule has 2 unspecified atom stereocenters. The van der Waals surface area contributed by atoms with Crippen molar-refractivity contribution in [1.82, 2.24) is 20.1 Å². The highest BCUT2D eigenvalue weighted by molar-refractivity contribution is 7.92. The van der Waals surface area contributed by atoms with Gasteiger partial charge in [0.1, 0.15) is 47.3 Å². The molecule has 0 radical (unpaired) electrons. The van der Waals surface area contributed by atoms with E-state index >= 15 is 13.2 Å². The summed E-state index contributed by atoms with van der Waals surface area (Å²) in [6.07, 6.45) is -2.79. The number of allylic oxidation sites excluding steroid dienone is 2. The molecule has 1 fully saturated rings. The second-order valence-corrected chi connectivity index (χ2v) is 14.6. The molecule has 55 heavy (non-hydrogen) atoms. The summed E-state index contributed by atoms with van der Waals surface area (Å²) in [5.41, 5.74) is 2.09. The number of hydrogen-bond acceptors (Lipinski definition) is 8. The fourth-order valence-corrected chi connectivity index (χ4v) is 6.60. The van der Waals surface area contributed by atoms with Crippen LogP contribution in [0.2, 0.25) is 0 Å². The fourth-order valence-electron chi connectivity index (χ4n) is 6.18. The highest BCUT2D eigenvalue weighted by Crippen LogP contribution is 2.43. The summed E-state index contributed by atoms with van der Waals surface area (Å²) in [6.45, 7) is 2.99. The molecule has 1 aliphatic rings. The van der Waals surface area contributed by atoms with E-state index in [1.165, 1.54) is 50.0 Å². The molecule has 10 nitrogen and oxygen atoms in total. The van der Waals surface area contributed by atoms with E-state index in [9.17, 15) is 32.0 Å². The smallest absolute Gasteiger partial charge is 0.292 e. The summed E-state index contributed by atoms with van der Waals surface area (Å²) in [5, 5.41) is 17.1. The SMILES string of the molecule is C[C@@H]1CC(=C(N)C(F)F)C(=NCC(=O)NC(Cc2cc(F)cc(F)c2)c2nc(C#CC(C)(C)O)ccc2-c2ccc(F)c3c(N[S+](C)[O-])nn(C)c23)C1(F)F. The molecular formula is C37H36F7N7O3S. The van der Waals surface area contributed by atoms with Crippen molar-refractivity contribution in [1.29, 1.82) is 0 Å². The normalized spacial score (nSPS) is 18.3. The van der Waals surface area contributed by atoms with E-state index in [1.807, 2.05) is 0 Å². The van der Waals surface area contributed by atoms with Gasteiger partial charge in [0.25, 0.3) is 12.3 Å². The van der Waals surface area contributed by atoms with Gasteiger partial charge in [-0.1, -0.05) is 12.8 Å². The van der Waals surface area contributed by atoms with Gasteiger partial charge in [0.2, 0.25) is 11.7 Å². The molecular weight excluding hydrogens is 756 g/mol. The van der Waals surface area contributed by atoms with Crippen LogP contribution in [0.25, 0.3) is 22.0 Å². The van der Waals surface area contributed by atoms with E-state index in [4.69, 9.17) is 5.73 Å². The van der Waals surface area contributed by atoms with Gasteiger partial charge in [-0.2, -0.15) is 13.5 Å². The number of rotatable bonds is 10. The number of aliphatic hydroxyl groups is 1. The Kier molecular flexibility index (Phi) is 11.9. The van der Waals surface area contributed by atoms with Crippen LogP contribution in [0.5, 0.6) is 0 Å². The Morgan fingerprint density at radius 1 is 1.16 bits per heavy atom. The third-order valence-electron chi connectivity index (χ3n) is 8.61. The largest absolute Gasteiger partial charge is 0.593 e. The van der Waals surface area contributed by atoms with Crippen LogP contribution in [0.3, 0.4) is 0 Å². The maximum Gasteiger partial charge on any atom is 0.292 e. The minimum atomic E-state index is -3.69. The van der Waals surface area contributed by atoms with Crippen LogP contribution in [-0.4, -0.2) is 66.8 Å². The second kappa shape index (κ2) is 15.9. The van der Waals surface area contributed by atoms with Gasteiger partial charge in [-0.3, -0.25) is 14.5 Å². The van der Waals surface area contributed by atoms with Crippen molar-refractivity contribution in [2.24, 2.45) is 23.7 Å². The van der Waals surface area contributed by atoms with E-state index < -0.39 is 94.6 Å². The number of aromatic nitrogens is 3. The predicted molar refractivity (Wildman–Crippen MR) is 194 cm³/mol. The maximum absolute atomic E-state index is 15.4. The Balaban J connectivity index is 1.70. The Morgan fingerprint density at radius 2 is 1.82 bits per heavy atom. The number of carbonyl (C=O) groups excluding carboxylic acids is 1. The van der Waals surface area contributed by atoms with Crippen LogP contribution in [0.4, 0.5) is 36.6 Å². The third kappa shape index (κ3) is 9.23. The van der Waals surface area contributed by atoms with Gasteiger partial charge in [0, 0.05) is 35.7 Å². The van der Waals surface area contributed by atoms with E-state index in [0.29, 0.717) is 6.07 Å². The van der Waals surface area contributed by atoms with E-state index in [1.54, 1.807) is 0 Å². The van der Waals surface area contributed by atoms with Crippen molar-refractivity contribution in [2.75, 3.05) is 17.5 Å². The van der Waals surface area contributed by atoms with Crippen molar-refractivity contribution in [3.63, 3.8) is 0 Å². The number of nitrogens with one attached hydrogen (secondary N) is 2. The number of benzene rings is 2. The zero-order valence-electron chi connectivity index (χ0n) is 30.1. The van der Waals surface area contributed by atoms with E-state index in [0.717, 1.165) is 25.1 Å². The summed E-state index contributed by atoms with van der Waals surface area (Å²) < 4.78 is 118. The summed E-state index contributed by atoms with van der Waals surface area (Å²) in [7, 11) is 1.50. The second-order valence-electron chi connectivity index (χ2n) is 13.5. The lowest BCUT2D eigenvalue weighted by atomic mass is 9.93. The molecule has 5 N–H and O–H groups in total. The third-order valence-corrected chi connectivity index (χ3v) is 9.09. The molecule has 0 saturated heterocycles. The quantitative estimate of drug-likeness (QED) is 0.0890. The van der Waals surface area contributed by atoms with Crippen LogP contribution in [0.15, 0.2) is 58.7 Å². The minimum Gasteiger partial charge on any atom is -0.593 e. The minimum absolute atomic E-state index is 0.00162. The van der Waals surface area contributed by atoms with Crippen molar-refractivity contribution >= 4 is 39.7 Å². The van der Waals surface area contributed by atoms with Gasteiger partial charge < -0.3 is 20.7 Å². The summed E-state index contributed by atoms with van der Waals surface area (Å²) in [4.78, 5) is 22.0. The van der Waals surface area contributed by atoms with Crippen LogP contribution >= 0.6 is 0 Å². The predicted octanol–water partition coefficient (Wildman–Crippen LogP) is 5.87. The lowest BCUT2D eigenvalue weighted by Crippen LogP contribution is -2.35. The lowest BCUT2D eigenvalue weighted by Gasteiger charge is -2.22. The van der Waals surface area contributed by atoms with Gasteiger partial charge in [-0.25, -0.2) is 26.9 Å². The molecule has 4 aromatic rings. The summed E-state index contributed by atoms with van der Waals surface area (Å²) >= 11 is -1.65. The lowest BCUT2D eigenvalue weighted by molar-refractivity contribution is -0.120. The zero-order valence-corrected chi connectivity index (χ0v) is 30.9. The van der Waals surface area contributed by atoms with E-state index in [2.05, 4.69) is 37.0 Å². The first kappa shape index (κ1) is 41.1. The Hall–Kier alpha value is -5.12. The first-order chi connectivity index (χ1) is 25.7. The number of hydrogen-bond donors (Lipinski definition) is 4. The highest BCUT2D eigenvalue weighted by atomic mass is 32.2. The molecule has 18 heteroatoms. The van der Waals surface area contributed by atoms with Crippen molar-refractivity contribution in [3.05, 3.63) is 88.1 Å². The van der Waals surface area contributed by atoms with Gasteiger partial charge in [-0.05, 0) is 74.6 Å². The molecule has 0 spiro atoms. The van der Waals surface area contributed by atoms with Gasteiger partial charge in [0.15, 0.2) is 0 Å². The maximum atomic E-state index is 15.4. The number of aryl methyl sites for hydroxylation is 1. The molecule has 292 valence electrons.